The van der Waals surface area contributed by atoms with E-state index < -0.39 is 33.8 Å². The smallest absolute Gasteiger partial charge is 0.467 e. The Bertz CT molecular complexity index is 346. The first-order chi connectivity index (χ1) is 7.03. The number of esters is 1. The molecule has 0 aromatic carbocycles. The number of ether oxygens (including phenoxy) is 1. The molecule has 6 nitrogen and oxygen atoms in total. The average Bonchev–Trinajstić information content (AvgIpc) is 2.10. The molecule has 0 amide bonds. The van der Waals surface area contributed by atoms with E-state index in [1.54, 1.807) is 0 Å². The Kier molecular flexibility index (Phi) is 4.70. The third-order valence-corrected chi connectivity index (χ3v) is 2.41. The SMILES string of the molecule is COC(=O)C(OS(=O)(=O)C(F)(F)F)C(C)O. The number of hydrogen-bond donors (Lipinski definition) is 1. The van der Waals surface area contributed by atoms with E-state index in [9.17, 15) is 26.4 Å². The van der Waals surface area contributed by atoms with E-state index in [-0.39, 0.29) is 0 Å². The molecule has 0 fully saturated rings. The molecule has 2 unspecified atom stereocenters. The van der Waals surface area contributed by atoms with E-state index >= 15 is 0 Å². The molecular formula is C6H9F3O6S. The van der Waals surface area contributed by atoms with E-state index in [2.05, 4.69) is 8.92 Å². The maximum absolute atomic E-state index is 11.9. The zero-order valence-electron chi connectivity index (χ0n) is 8.19. The van der Waals surface area contributed by atoms with Gasteiger partial charge >= 0.3 is 21.6 Å². The molecule has 0 radical (unpaired) electrons. The van der Waals surface area contributed by atoms with Crippen LogP contribution in [0.3, 0.4) is 0 Å². The van der Waals surface area contributed by atoms with Crippen molar-refractivity contribution in [1.82, 2.24) is 0 Å². The number of alkyl halides is 3. The molecular weight excluding hydrogens is 257 g/mol. The van der Waals surface area contributed by atoms with Crippen LogP contribution in [-0.4, -0.2) is 44.3 Å². The third-order valence-electron chi connectivity index (χ3n) is 1.39. The van der Waals surface area contributed by atoms with Crippen LogP contribution in [0.25, 0.3) is 0 Å². The Morgan fingerprint density at radius 3 is 2.06 bits per heavy atom. The Morgan fingerprint density at radius 1 is 1.38 bits per heavy atom. The summed E-state index contributed by atoms with van der Waals surface area (Å²) in [7, 11) is -5.15. The van der Waals surface area contributed by atoms with Crippen molar-refractivity contribution in [1.29, 1.82) is 0 Å². The molecule has 0 aliphatic carbocycles. The highest BCUT2D eigenvalue weighted by atomic mass is 32.2. The number of aliphatic hydroxyl groups is 1. The summed E-state index contributed by atoms with van der Waals surface area (Å²) in [4.78, 5) is 10.8. The van der Waals surface area contributed by atoms with Gasteiger partial charge in [0.2, 0.25) is 0 Å². The molecule has 0 aliphatic rings. The van der Waals surface area contributed by atoms with Crippen LogP contribution in [0.2, 0.25) is 0 Å². The average molecular weight is 266 g/mol. The fraction of sp³-hybridized carbons (Fsp3) is 0.833. The highest BCUT2D eigenvalue weighted by Gasteiger charge is 2.50. The van der Waals surface area contributed by atoms with Gasteiger partial charge in [0.05, 0.1) is 13.2 Å². The molecule has 2 atom stereocenters. The van der Waals surface area contributed by atoms with Crippen LogP contribution in [0.15, 0.2) is 0 Å². The Morgan fingerprint density at radius 2 is 1.81 bits per heavy atom. The van der Waals surface area contributed by atoms with Gasteiger partial charge in [0.1, 0.15) is 0 Å². The second kappa shape index (κ2) is 4.97. The molecule has 0 spiro atoms. The quantitative estimate of drug-likeness (QED) is 0.429. The van der Waals surface area contributed by atoms with Crippen molar-refractivity contribution >= 4 is 16.1 Å². The summed E-state index contributed by atoms with van der Waals surface area (Å²) in [6.45, 7) is 0.882. The second-order valence-electron chi connectivity index (χ2n) is 2.68. The fourth-order valence-electron chi connectivity index (χ4n) is 0.624. The lowest BCUT2D eigenvalue weighted by atomic mass is 10.2. The number of carbonyl (C=O) groups is 1. The lowest BCUT2D eigenvalue weighted by Gasteiger charge is -2.18. The van der Waals surface area contributed by atoms with Gasteiger partial charge in [0.15, 0.2) is 6.10 Å². The largest absolute Gasteiger partial charge is 0.523 e. The van der Waals surface area contributed by atoms with Gasteiger partial charge in [0, 0.05) is 0 Å². The van der Waals surface area contributed by atoms with Crippen molar-refractivity contribution in [2.24, 2.45) is 0 Å². The molecule has 1 N–H and O–H groups in total. The van der Waals surface area contributed by atoms with Gasteiger partial charge in [-0.3, -0.25) is 0 Å². The lowest BCUT2D eigenvalue weighted by Crippen LogP contribution is -2.40. The van der Waals surface area contributed by atoms with Crippen molar-refractivity contribution < 1.29 is 40.4 Å². The number of methoxy groups -OCH3 is 1. The van der Waals surface area contributed by atoms with Gasteiger partial charge in [0.25, 0.3) is 0 Å². The van der Waals surface area contributed by atoms with Crippen LogP contribution in [-0.2, 0) is 23.8 Å². The summed E-state index contributed by atoms with van der Waals surface area (Å²) in [6.07, 6.45) is -4.03. The van der Waals surface area contributed by atoms with E-state index in [1.165, 1.54) is 0 Å². The molecule has 0 bridgehead atoms. The summed E-state index contributed by atoms with van der Waals surface area (Å²) in [5.74, 6) is -1.43. The first kappa shape index (κ1) is 15.1. The highest BCUT2D eigenvalue weighted by molar-refractivity contribution is 7.87. The molecule has 0 rings (SSSR count). The molecule has 0 saturated heterocycles. The minimum Gasteiger partial charge on any atom is -0.467 e. The summed E-state index contributed by atoms with van der Waals surface area (Å²) in [5, 5.41) is 8.89. The number of halogens is 3. The molecule has 0 heterocycles. The maximum atomic E-state index is 11.9. The summed E-state index contributed by atoms with van der Waals surface area (Å²) in [5.41, 5.74) is -5.67. The van der Waals surface area contributed by atoms with Crippen molar-refractivity contribution in [3.8, 4) is 0 Å². The standard InChI is InChI=1S/C6H9F3O6S/c1-3(10)4(5(11)14-2)15-16(12,13)6(7,8)9/h3-4,10H,1-2H3. The van der Waals surface area contributed by atoms with Gasteiger partial charge < -0.3 is 9.84 Å². The second-order valence-corrected chi connectivity index (χ2v) is 4.24. The minimum absolute atomic E-state index is 0.807. The number of aliphatic hydroxyl groups excluding tert-OH is 1. The monoisotopic (exact) mass is 266 g/mol. The Balaban J connectivity index is 4.99. The summed E-state index contributed by atoms with van der Waals surface area (Å²) in [6, 6.07) is 0. The predicted octanol–water partition coefficient (Wildman–Crippen LogP) is -0.225. The van der Waals surface area contributed by atoms with E-state index in [0.717, 1.165) is 14.0 Å². The zero-order chi connectivity index (χ0) is 13.1. The molecule has 0 aromatic heterocycles. The number of hydrogen-bond acceptors (Lipinski definition) is 6. The van der Waals surface area contributed by atoms with E-state index in [1.807, 2.05) is 0 Å². The Labute approximate surface area is 89.1 Å². The Hall–Kier alpha value is -0.870. The summed E-state index contributed by atoms with van der Waals surface area (Å²) >= 11 is 0. The first-order valence-corrected chi connectivity index (χ1v) is 5.19. The molecule has 16 heavy (non-hydrogen) atoms. The van der Waals surface area contributed by atoms with Crippen molar-refractivity contribution in [3.63, 3.8) is 0 Å². The van der Waals surface area contributed by atoms with Crippen LogP contribution in [0.5, 0.6) is 0 Å². The number of rotatable bonds is 4. The van der Waals surface area contributed by atoms with Crippen molar-refractivity contribution in [2.75, 3.05) is 7.11 Å². The first-order valence-electron chi connectivity index (χ1n) is 3.78. The summed E-state index contributed by atoms with van der Waals surface area (Å²) < 4.78 is 64.2. The van der Waals surface area contributed by atoms with Crippen LogP contribution in [0.1, 0.15) is 6.92 Å². The third kappa shape index (κ3) is 3.61. The molecule has 0 aliphatic heterocycles. The van der Waals surface area contributed by atoms with E-state index in [0.29, 0.717) is 0 Å². The maximum Gasteiger partial charge on any atom is 0.523 e. The van der Waals surface area contributed by atoms with Crippen LogP contribution in [0.4, 0.5) is 13.2 Å². The molecule has 10 heteroatoms. The number of carbonyl (C=O) groups excluding carboxylic acids is 1. The minimum atomic E-state index is -5.96. The van der Waals surface area contributed by atoms with Crippen LogP contribution >= 0.6 is 0 Å². The highest BCUT2D eigenvalue weighted by Crippen LogP contribution is 2.26. The van der Waals surface area contributed by atoms with Crippen molar-refractivity contribution in [3.05, 3.63) is 0 Å². The molecule has 0 aromatic rings. The molecule has 0 saturated carbocycles. The van der Waals surface area contributed by atoms with Crippen LogP contribution in [0, 0.1) is 0 Å². The van der Waals surface area contributed by atoms with Gasteiger partial charge in [-0.2, -0.15) is 21.6 Å². The van der Waals surface area contributed by atoms with Gasteiger partial charge in [-0.05, 0) is 6.92 Å². The topological polar surface area (TPSA) is 89.9 Å². The lowest BCUT2D eigenvalue weighted by molar-refractivity contribution is -0.154. The molecule has 96 valence electrons. The predicted molar refractivity (Wildman–Crippen MR) is 43.5 cm³/mol. The fourth-order valence-corrected chi connectivity index (χ4v) is 1.25. The van der Waals surface area contributed by atoms with Crippen LogP contribution < -0.4 is 0 Å². The van der Waals surface area contributed by atoms with E-state index in [4.69, 9.17) is 5.11 Å². The van der Waals surface area contributed by atoms with Gasteiger partial charge in [-0.1, -0.05) is 0 Å². The van der Waals surface area contributed by atoms with Gasteiger partial charge in [-0.15, -0.1) is 0 Å². The van der Waals surface area contributed by atoms with Gasteiger partial charge in [-0.25, -0.2) is 8.98 Å². The zero-order valence-corrected chi connectivity index (χ0v) is 9.00. The van der Waals surface area contributed by atoms with Crippen molar-refractivity contribution in [2.45, 2.75) is 24.6 Å². The normalized spacial score (nSPS) is 16.6.